The predicted octanol–water partition coefficient (Wildman–Crippen LogP) is 5.71. The number of anilines is 1. The number of amides is 1. The molecule has 0 radical (unpaired) electrons. The second-order valence-corrected chi connectivity index (χ2v) is 7.10. The first-order valence-corrected chi connectivity index (χ1v) is 10.4. The number of ether oxygens (including phenoxy) is 1. The molecule has 5 heteroatoms. The molecule has 1 fully saturated rings. The number of allylic oxidation sites excluding steroid dienone is 4. The van der Waals surface area contributed by atoms with E-state index in [2.05, 4.69) is 16.5 Å². The number of rotatable bonds is 2. The van der Waals surface area contributed by atoms with Crippen LogP contribution in [0.2, 0.25) is 0 Å². The smallest absolute Gasteiger partial charge is 0.230 e. The molecule has 1 aliphatic carbocycles. The van der Waals surface area contributed by atoms with E-state index in [1.165, 1.54) is 5.56 Å². The van der Waals surface area contributed by atoms with Gasteiger partial charge < -0.3 is 14.6 Å². The van der Waals surface area contributed by atoms with Crippen LogP contribution in [0.3, 0.4) is 0 Å². The first kappa shape index (κ1) is 23.4. The molecular weight excluding hydrogens is 376 g/mol. The number of carbonyl (C=O) groups excluding carboxylic acids is 1. The Morgan fingerprint density at radius 3 is 2.40 bits per heavy atom. The Bertz CT molecular complexity index is 875. The van der Waals surface area contributed by atoms with Crippen LogP contribution in [0.25, 0.3) is 0 Å². The number of aryl methyl sites for hydroxylation is 3. The van der Waals surface area contributed by atoms with Crippen LogP contribution in [0.15, 0.2) is 70.8 Å². The van der Waals surface area contributed by atoms with Crippen molar-refractivity contribution >= 4 is 11.6 Å². The van der Waals surface area contributed by atoms with Crippen LogP contribution in [0.4, 0.5) is 5.69 Å². The van der Waals surface area contributed by atoms with E-state index >= 15 is 0 Å². The van der Waals surface area contributed by atoms with E-state index in [4.69, 9.17) is 9.26 Å². The van der Waals surface area contributed by atoms with Crippen molar-refractivity contribution in [2.24, 2.45) is 5.92 Å². The fourth-order valence-electron chi connectivity index (χ4n) is 3.08. The molecule has 5 nitrogen and oxygen atoms in total. The van der Waals surface area contributed by atoms with Gasteiger partial charge >= 0.3 is 0 Å². The Hall–Kier alpha value is -2.92. The summed E-state index contributed by atoms with van der Waals surface area (Å²) in [5.74, 6) is 0.765. The van der Waals surface area contributed by atoms with Gasteiger partial charge in [-0.05, 0) is 44.9 Å². The second kappa shape index (κ2) is 11.9. The number of hydrogen-bond acceptors (Lipinski definition) is 4. The Morgan fingerprint density at radius 1 is 1.07 bits per heavy atom. The molecule has 1 amide bonds. The third-order valence-corrected chi connectivity index (χ3v) is 4.58. The minimum atomic E-state index is -0.131. The average molecular weight is 409 g/mol. The molecule has 0 bridgehead atoms. The molecular formula is C25H32N2O3. The zero-order valence-electron chi connectivity index (χ0n) is 18.5. The van der Waals surface area contributed by atoms with E-state index in [-0.39, 0.29) is 17.9 Å². The lowest BCUT2D eigenvalue weighted by molar-refractivity contribution is -0.123. The van der Waals surface area contributed by atoms with Crippen LogP contribution in [0.1, 0.15) is 37.3 Å². The lowest BCUT2D eigenvalue weighted by Gasteiger charge is -2.29. The Morgan fingerprint density at radius 2 is 1.80 bits per heavy atom. The molecule has 1 aromatic carbocycles. The maximum absolute atomic E-state index is 12.4. The van der Waals surface area contributed by atoms with Gasteiger partial charge in [0.1, 0.15) is 5.76 Å². The fourth-order valence-corrected chi connectivity index (χ4v) is 3.08. The van der Waals surface area contributed by atoms with Gasteiger partial charge in [-0.25, -0.2) is 0 Å². The molecule has 1 N–H and O–H groups in total. The van der Waals surface area contributed by atoms with Crippen LogP contribution in [-0.4, -0.2) is 23.8 Å². The van der Waals surface area contributed by atoms with Crippen molar-refractivity contribution in [3.8, 4) is 0 Å². The molecule has 4 rings (SSSR count). The summed E-state index contributed by atoms with van der Waals surface area (Å²) >= 11 is 0. The minimum Gasteiger partial charge on any atom is -0.369 e. The maximum atomic E-state index is 12.4. The average Bonchev–Trinajstić information content (AvgIpc) is 3.00. The number of carbonyl (C=O) groups is 1. The molecule has 1 aliphatic heterocycles. The van der Waals surface area contributed by atoms with Crippen molar-refractivity contribution in [3.05, 3.63) is 83.3 Å². The van der Waals surface area contributed by atoms with Gasteiger partial charge in [0.2, 0.25) is 5.91 Å². The first-order chi connectivity index (χ1) is 14.5. The minimum absolute atomic E-state index is 0.0171. The maximum Gasteiger partial charge on any atom is 0.230 e. The van der Waals surface area contributed by atoms with E-state index in [1.807, 2.05) is 89.3 Å². The number of aromatic nitrogens is 1. The van der Waals surface area contributed by atoms with Crippen LogP contribution in [-0.2, 0) is 9.53 Å². The molecule has 2 aliphatic rings. The molecule has 30 heavy (non-hydrogen) atoms. The van der Waals surface area contributed by atoms with Gasteiger partial charge in [0, 0.05) is 11.8 Å². The molecule has 1 saturated heterocycles. The van der Waals surface area contributed by atoms with Crippen molar-refractivity contribution in [2.75, 3.05) is 11.9 Å². The van der Waals surface area contributed by atoms with Crippen molar-refractivity contribution in [1.82, 2.24) is 5.16 Å². The SMILES string of the molecule is CC.Cc1cc(C)on1.Cc1ccc(NC(=O)C2COC3C=CC=CC=C3C2)cc1. The van der Waals surface area contributed by atoms with Gasteiger partial charge in [0.25, 0.3) is 0 Å². The lowest BCUT2D eigenvalue weighted by atomic mass is 9.92. The quantitative estimate of drug-likeness (QED) is 0.691. The summed E-state index contributed by atoms with van der Waals surface area (Å²) in [5.41, 5.74) is 4.12. The highest BCUT2D eigenvalue weighted by Gasteiger charge is 2.29. The normalized spacial score (nSPS) is 19.2. The lowest BCUT2D eigenvalue weighted by Crippen LogP contribution is -2.34. The van der Waals surface area contributed by atoms with Crippen molar-refractivity contribution < 1.29 is 14.1 Å². The molecule has 160 valence electrons. The monoisotopic (exact) mass is 408 g/mol. The van der Waals surface area contributed by atoms with E-state index in [0.29, 0.717) is 6.61 Å². The molecule has 2 heterocycles. The highest BCUT2D eigenvalue weighted by atomic mass is 16.5. The molecule has 1 aromatic heterocycles. The number of nitrogens with zero attached hydrogens (tertiary/aromatic N) is 1. The van der Waals surface area contributed by atoms with Crippen LogP contribution in [0.5, 0.6) is 0 Å². The van der Waals surface area contributed by atoms with E-state index in [9.17, 15) is 4.79 Å². The van der Waals surface area contributed by atoms with Gasteiger partial charge in [0.05, 0.1) is 24.3 Å². The molecule has 2 aromatic rings. The fraction of sp³-hybridized carbons (Fsp3) is 0.360. The molecule has 0 saturated carbocycles. The summed E-state index contributed by atoms with van der Waals surface area (Å²) in [6.45, 7) is 10.3. The molecule has 2 atom stereocenters. The number of benzene rings is 1. The number of hydrogen-bond donors (Lipinski definition) is 1. The zero-order chi connectivity index (χ0) is 21.9. The second-order valence-electron chi connectivity index (χ2n) is 7.10. The van der Waals surface area contributed by atoms with Gasteiger partial charge in [-0.2, -0.15) is 0 Å². The van der Waals surface area contributed by atoms with E-state index in [0.717, 1.165) is 29.1 Å². The zero-order valence-corrected chi connectivity index (χ0v) is 18.5. The van der Waals surface area contributed by atoms with E-state index in [1.54, 1.807) is 0 Å². The summed E-state index contributed by atoms with van der Waals surface area (Å²) in [6, 6.07) is 9.73. The van der Waals surface area contributed by atoms with Gasteiger partial charge in [-0.1, -0.05) is 67.1 Å². The Labute approximate surface area is 179 Å². The summed E-state index contributed by atoms with van der Waals surface area (Å²) in [7, 11) is 0. The largest absolute Gasteiger partial charge is 0.369 e. The van der Waals surface area contributed by atoms with Crippen molar-refractivity contribution in [2.45, 2.75) is 47.1 Å². The molecule has 0 spiro atoms. The Balaban J connectivity index is 0.000000299. The van der Waals surface area contributed by atoms with Gasteiger partial charge in [-0.15, -0.1) is 0 Å². The molecule has 2 unspecified atom stereocenters. The summed E-state index contributed by atoms with van der Waals surface area (Å²) < 4.78 is 10.5. The first-order valence-electron chi connectivity index (χ1n) is 10.4. The van der Waals surface area contributed by atoms with Crippen molar-refractivity contribution in [1.29, 1.82) is 0 Å². The predicted molar refractivity (Wildman–Crippen MR) is 121 cm³/mol. The summed E-state index contributed by atoms with van der Waals surface area (Å²) in [5, 5.41) is 6.61. The summed E-state index contributed by atoms with van der Waals surface area (Å²) in [6.07, 6.45) is 10.8. The van der Waals surface area contributed by atoms with Crippen LogP contribution in [0, 0.1) is 26.7 Å². The van der Waals surface area contributed by atoms with Gasteiger partial charge in [-0.3, -0.25) is 4.79 Å². The number of nitrogens with one attached hydrogen (secondary N) is 1. The third-order valence-electron chi connectivity index (χ3n) is 4.58. The standard InChI is InChI=1S/C18H19NO2.C5H7NO.C2H6/c1-13-7-9-16(10-8-13)19-18(20)15-11-14-5-3-2-4-6-17(14)21-12-15;1-4-3-5(2)7-6-4;1-2/h2-10,15,17H,11-12H2,1H3,(H,19,20);3H,1-2H3;1-2H3. The van der Waals surface area contributed by atoms with Gasteiger partial charge in [0.15, 0.2) is 0 Å². The highest BCUT2D eigenvalue weighted by Crippen LogP contribution is 2.27. The highest BCUT2D eigenvalue weighted by molar-refractivity contribution is 5.93. The van der Waals surface area contributed by atoms with Crippen LogP contribution < -0.4 is 5.32 Å². The van der Waals surface area contributed by atoms with E-state index < -0.39 is 0 Å². The van der Waals surface area contributed by atoms with Crippen LogP contribution >= 0.6 is 0 Å². The summed E-state index contributed by atoms with van der Waals surface area (Å²) in [4.78, 5) is 12.4. The van der Waals surface area contributed by atoms with Crippen molar-refractivity contribution in [3.63, 3.8) is 0 Å². The Kier molecular flexibility index (Phi) is 9.29. The third kappa shape index (κ3) is 7.16. The topological polar surface area (TPSA) is 64.4 Å². The number of fused-ring (bicyclic) bond motifs is 1.